The number of aliphatic hydroxyl groups is 1. The van der Waals surface area contributed by atoms with Gasteiger partial charge in [-0.25, -0.2) is 0 Å². The van der Waals surface area contributed by atoms with Crippen LogP contribution in [0.5, 0.6) is 0 Å². The van der Waals surface area contributed by atoms with Gasteiger partial charge in [0, 0.05) is 11.8 Å². The van der Waals surface area contributed by atoms with Crippen LogP contribution in [0.1, 0.15) is 66.7 Å². The van der Waals surface area contributed by atoms with E-state index < -0.39 is 5.60 Å². The van der Waals surface area contributed by atoms with Gasteiger partial charge in [0.25, 0.3) is 0 Å². The average Bonchev–Trinajstić information content (AvgIpc) is 2.45. The maximum Gasteiger partial charge on any atom is 0.123 e. The van der Waals surface area contributed by atoms with Gasteiger partial charge in [-0.1, -0.05) is 52.0 Å². The lowest BCUT2D eigenvalue weighted by Crippen LogP contribution is -2.60. The molecule has 2 aliphatic carbocycles. The van der Waals surface area contributed by atoms with Gasteiger partial charge in [0.15, 0.2) is 0 Å². The lowest BCUT2D eigenvalue weighted by atomic mass is 9.42. The molecule has 2 heteroatoms. The van der Waals surface area contributed by atoms with Crippen molar-refractivity contribution in [2.24, 2.45) is 28.6 Å². The Morgan fingerprint density at radius 3 is 2.43 bits per heavy atom. The van der Waals surface area contributed by atoms with Gasteiger partial charge in [-0.2, -0.15) is 0 Å². The van der Waals surface area contributed by atoms with Crippen molar-refractivity contribution in [2.75, 3.05) is 0 Å². The fourth-order valence-electron chi connectivity index (χ4n) is 5.50. The Balaban J connectivity index is 2.51. The summed E-state index contributed by atoms with van der Waals surface area (Å²) in [5.74, 6) is 0.479. The van der Waals surface area contributed by atoms with Crippen LogP contribution in [-0.2, 0) is 4.79 Å². The van der Waals surface area contributed by atoms with Crippen LogP contribution in [0.15, 0.2) is 24.3 Å². The molecular formula is C21H34O2. The minimum Gasteiger partial charge on any atom is -0.390 e. The van der Waals surface area contributed by atoms with Crippen LogP contribution in [0, 0.1) is 28.6 Å². The van der Waals surface area contributed by atoms with Crippen molar-refractivity contribution in [2.45, 2.75) is 72.3 Å². The molecule has 5 atom stereocenters. The zero-order valence-corrected chi connectivity index (χ0v) is 15.6. The van der Waals surface area contributed by atoms with Crippen LogP contribution in [0.25, 0.3) is 0 Å². The zero-order valence-electron chi connectivity index (χ0n) is 15.6. The Bertz CT molecular complexity index is 500. The average molecular weight is 319 g/mol. The zero-order chi connectivity index (χ0) is 17.5. The van der Waals surface area contributed by atoms with E-state index in [4.69, 9.17) is 0 Å². The molecule has 130 valence electrons. The van der Waals surface area contributed by atoms with E-state index in [1.54, 1.807) is 0 Å². The summed E-state index contributed by atoms with van der Waals surface area (Å²) >= 11 is 0. The molecule has 1 N–H and O–H groups in total. The van der Waals surface area contributed by atoms with Gasteiger partial charge in [-0.3, -0.25) is 0 Å². The second kappa shape index (κ2) is 6.20. The van der Waals surface area contributed by atoms with Crippen LogP contribution in [0.2, 0.25) is 0 Å². The molecule has 0 radical (unpaired) electrons. The first-order valence-electron chi connectivity index (χ1n) is 9.13. The van der Waals surface area contributed by atoms with Crippen LogP contribution < -0.4 is 0 Å². The maximum absolute atomic E-state index is 11.9. The number of hydrogen-bond donors (Lipinski definition) is 1. The van der Waals surface area contributed by atoms with Gasteiger partial charge in [-0.05, 0) is 55.8 Å². The summed E-state index contributed by atoms with van der Waals surface area (Å²) < 4.78 is 0. The molecule has 0 aromatic rings. The highest BCUT2D eigenvalue weighted by atomic mass is 16.3. The molecule has 23 heavy (non-hydrogen) atoms. The smallest absolute Gasteiger partial charge is 0.123 e. The summed E-state index contributed by atoms with van der Waals surface area (Å²) in [6.45, 7) is 15.0. The third kappa shape index (κ3) is 3.07. The monoisotopic (exact) mass is 318 g/mol. The van der Waals surface area contributed by atoms with Crippen LogP contribution in [0.3, 0.4) is 0 Å². The Kier molecular flexibility index (Phi) is 4.97. The summed E-state index contributed by atoms with van der Waals surface area (Å²) in [5, 5.41) is 11.1. The van der Waals surface area contributed by atoms with Gasteiger partial charge >= 0.3 is 0 Å². The number of hydrogen-bond acceptors (Lipinski definition) is 2. The molecule has 0 amide bonds. The number of aldehydes is 1. The highest BCUT2D eigenvalue weighted by Gasteiger charge is 2.60. The Labute approximate surface area is 142 Å². The first-order chi connectivity index (χ1) is 10.6. The quantitative estimate of drug-likeness (QED) is 0.589. The molecule has 0 heterocycles. The lowest BCUT2D eigenvalue weighted by molar-refractivity contribution is -0.175. The van der Waals surface area contributed by atoms with Crippen molar-refractivity contribution >= 4 is 6.29 Å². The predicted octanol–water partition coefficient (Wildman–Crippen LogP) is 4.93. The standard InChI is InChI=1S/C21H34O2/c1-7-15(2)8-9-18-20(5,23)13-11-17-19(3,4)12-10-16(14-22)21(17,18)6/h8-9,14,16-18,23H,2,7,10-13H2,1,3-6H3/t16?,17-,18-,20-,21-/m0/s1. The highest BCUT2D eigenvalue weighted by molar-refractivity contribution is 5.56. The Morgan fingerprint density at radius 1 is 1.22 bits per heavy atom. The third-order valence-electron chi connectivity index (χ3n) is 7.01. The summed E-state index contributed by atoms with van der Waals surface area (Å²) in [6.07, 6.45) is 10.1. The van der Waals surface area contributed by atoms with Crippen molar-refractivity contribution in [3.63, 3.8) is 0 Å². The molecule has 1 unspecified atom stereocenters. The summed E-state index contributed by atoms with van der Waals surface area (Å²) in [6, 6.07) is 0. The molecule has 0 aromatic carbocycles. The normalized spacial score (nSPS) is 43.1. The molecule has 2 nitrogen and oxygen atoms in total. The number of carbonyl (C=O) groups is 1. The SMILES string of the molecule is C=C(C=C[C@@H]1[C@@]2(C)C(C=O)CCC(C)(C)[C@@H]2CC[C@]1(C)O)CC. The van der Waals surface area contributed by atoms with Crippen LogP contribution in [-0.4, -0.2) is 17.0 Å². The summed E-state index contributed by atoms with van der Waals surface area (Å²) in [4.78, 5) is 11.9. The van der Waals surface area contributed by atoms with Crippen molar-refractivity contribution in [3.05, 3.63) is 24.3 Å². The van der Waals surface area contributed by atoms with Crippen LogP contribution >= 0.6 is 0 Å². The first kappa shape index (κ1) is 18.4. The van der Waals surface area contributed by atoms with E-state index in [-0.39, 0.29) is 22.7 Å². The minimum atomic E-state index is -0.759. The molecular weight excluding hydrogens is 284 g/mol. The van der Waals surface area contributed by atoms with Crippen molar-refractivity contribution < 1.29 is 9.90 Å². The van der Waals surface area contributed by atoms with E-state index >= 15 is 0 Å². The van der Waals surface area contributed by atoms with Gasteiger partial charge < -0.3 is 9.90 Å². The van der Waals surface area contributed by atoms with E-state index in [0.29, 0.717) is 5.92 Å². The third-order valence-corrected chi connectivity index (χ3v) is 7.01. The van der Waals surface area contributed by atoms with Gasteiger partial charge in [0.2, 0.25) is 0 Å². The fourth-order valence-corrected chi connectivity index (χ4v) is 5.50. The maximum atomic E-state index is 11.9. The molecule has 2 fully saturated rings. The Morgan fingerprint density at radius 2 is 1.87 bits per heavy atom. The minimum absolute atomic E-state index is 0.00757. The molecule has 0 aromatic heterocycles. The lowest BCUT2D eigenvalue weighted by Gasteiger charge is -2.62. The predicted molar refractivity (Wildman–Crippen MR) is 96.1 cm³/mol. The van der Waals surface area contributed by atoms with E-state index in [1.807, 2.05) is 6.92 Å². The summed E-state index contributed by atoms with van der Waals surface area (Å²) in [7, 11) is 0. The second-order valence-electron chi connectivity index (χ2n) is 8.93. The number of carbonyl (C=O) groups excluding carboxylic acids is 1. The largest absolute Gasteiger partial charge is 0.390 e. The van der Waals surface area contributed by atoms with Gasteiger partial charge in [-0.15, -0.1) is 0 Å². The van der Waals surface area contributed by atoms with Crippen molar-refractivity contribution in [1.82, 2.24) is 0 Å². The molecule has 0 bridgehead atoms. The van der Waals surface area contributed by atoms with Crippen LogP contribution in [0.4, 0.5) is 0 Å². The fraction of sp³-hybridized carbons (Fsp3) is 0.762. The highest BCUT2D eigenvalue weighted by Crippen LogP contribution is 2.64. The number of rotatable bonds is 4. The van der Waals surface area contributed by atoms with E-state index in [0.717, 1.165) is 44.0 Å². The summed E-state index contributed by atoms with van der Waals surface area (Å²) in [5.41, 5.74) is 0.350. The van der Waals surface area contributed by atoms with Crippen molar-refractivity contribution in [1.29, 1.82) is 0 Å². The van der Waals surface area contributed by atoms with Gasteiger partial charge in [0.05, 0.1) is 5.60 Å². The van der Waals surface area contributed by atoms with Crippen molar-refractivity contribution in [3.8, 4) is 0 Å². The number of allylic oxidation sites excluding steroid dienone is 2. The number of fused-ring (bicyclic) bond motifs is 1. The topological polar surface area (TPSA) is 37.3 Å². The Hall–Kier alpha value is -0.890. The van der Waals surface area contributed by atoms with Gasteiger partial charge in [0.1, 0.15) is 6.29 Å². The van der Waals surface area contributed by atoms with E-state index in [1.165, 1.54) is 0 Å². The molecule has 0 aliphatic heterocycles. The first-order valence-corrected chi connectivity index (χ1v) is 9.13. The molecule has 2 rings (SSSR count). The molecule has 2 saturated carbocycles. The molecule has 0 spiro atoms. The van der Waals surface area contributed by atoms with E-state index in [2.05, 4.69) is 46.4 Å². The second-order valence-corrected chi connectivity index (χ2v) is 8.93. The molecule has 0 saturated heterocycles. The molecule has 2 aliphatic rings. The van der Waals surface area contributed by atoms with E-state index in [9.17, 15) is 9.90 Å².